The van der Waals surface area contributed by atoms with Gasteiger partial charge in [0.1, 0.15) is 5.70 Å². The number of benzene rings is 2. The molecule has 2 N–H and O–H groups in total. The Kier molecular flexibility index (Phi) is 3.65. The molecular formula is C19H17N3O3. The van der Waals surface area contributed by atoms with Gasteiger partial charge in [-0.25, -0.2) is 4.99 Å². The van der Waals surface area contributed by atoms with E-state index in [1.807, 2.05) is 43.3 Å². The maximum Gasteiger partial charge on any atom is 0.276 e. The van der Waals surface area contributed by atoms with Gasteiger partial charge in [-0.3, -0.25) is 10.1 Å². The second-order valence-electron chi connectivity index (χ2n) is 5.98. The second-order valence-corrected chi connectivity index (χ2v) is 5.98. The fourth-order valence-corrected chi connectivity index (χ4v) is 2.64. The minimum absolute atomic E-state index is 0.220. The van der Waals surface area contributed by atoms with E-state index in [1.54, 1.807) is 6.08 Å². The highest BCUT2D eigenvalue weighted by Crippen LogP contribution is 2.33. The summed E-state index contributed by atoms with van der Waals surface area (Å²) in [6.45, 7) is 4.32. The predicted octanol–water partition coefficient (Wildman–Crippen LogP) is 2.97. The highest BCUT2D eigenvalue weighted by molar-refractivity contribution is 6.17. The first-order valence-electron chi connectivity index (χ1n) is 7.94. The van der Waals surface area contributed by atoms with Gasteiger partial charge in [-0.15, -0.1) is 0 Å². The molecule has 25 heavy (non-hydrogen) atoms. The van der Waals surface area contributed by atoms with Crippen molar-refractivity contribution < 1.29 is 14.3 Å². The summed E-state index contributed by atoms with van der Waals surface area (Å²) in [5, 5.41) is 5.86. The molecular weight excluding hydrogens is 318 g/mol. The zero-order chi connectivity index (χ0) is 17.4. The summed E-state index contributed by atoms with van der Waals surface area (Å²) in [6.07, 6.45) is 1.71. The number of rotatable bonds is 2. The quantitative estimate of drug-likeness (QED) is 0.828. The smallest absolute Gasteiger partial charge is 0.276 e. The van der Waals surface area contributed by atoms with E-state index in [2.05, 4.69) is 22.5 Å². The Hall–Kier alpha value is -3.28. The van der Waals surface area contributed by atoms with Crippen molar-refractivity contribution in [3.8, 4) is 11.5 Å². The van der Waals surface area contributed by atoms with Crippen LogP contribution < -0.4 is 20.1 Å². The standard InChI is InChI=1S/C19H17N3O3/c1-11-3-5-14(7-12(11)2)20-19-21-15(18(23)22-19)8-13-4-6-16-17(9-13)25-10-24-16/h3-9H,10H2,1-2H3,(H2,20,21,22,23)/b15-8-. The maximum absolute atomic E-state index is 12.1. The molecule has 0 spiro atoms. The van der Waals surface area contributed by atoms with Gasteiger partial charge in [0.15, 0.2) is 11.5 Å². The van der Waals surface area contributed by atoms with Crippen LogP contribution in [0.3, 0.4) is 0 Å². The van der Waals surface area contributed by atoms with Gasteiger partial charge in [0.2, 0.25) is 12.8 Å². The average Bonchev–Trinajstić information content (AvgIpc) is 3.17. The molecule has 2 heterocycles. The molecule has 6 nitrogen and oxygen atoms in total. The Bertz CT molecular complexity index is 932. The Balaban J connectivity index is 1.56. The van der Waals surface area contributed by atoms with Gasteiger partial charge in [0.25, 0.3) is 5.91 Å². The van der Waals surface area contributed by atoms with Crippen molar-refractivity contribution >= 4 is 23.6 Å². The molecule has 0 atom stereocenters. The van der Waals surface area contributed by atoms with E-state index >= 15 is 0 Å². The fourth-order valence-electron chi connectivity index (χ4n) is 2.64. The number of amides is 1. The van der Waals surface area contributed by atoms with Crippen molar-refractivity contribution in [3.63, 3.8) is 0 Å². The van der Waals surface area contributed by atoms with Crippen molar-refractivity contribution in [3.05, 3.63) is 58.8 Å². The third-order valence-corrected chi connectivity index (χ3v) is 4.17. The number of ether oxygens (including phenoxy) is 2. The third-order valence-electron chi connectivity index (χ3n) is 4.17. The lowest BCUT2D eigenvalue weighted by molar-refractivity contribution is -0.115. The zero-order valence-electron chi connectivity index (χ0n) is 13.9. The number of fused-ring (bicyclic) bond motifs is 1. The molecule has 0 saturated carbocycles. The van der Waals surface area contributed by atoms with Gasteiger partial charge in [-0.2, -0.15) is 0 Å². The molecule has 0 bridgehead atoms. The molecule has 4 rings (SSSR count). The summed E-state index contributed by atoms with van der Waals surface area (Å²) in [5.74, 6) is 1.55. The number of carbonyl (C=O) groups excluding carboxylic acids is 1. The highest BCUT2D eigenvalue weighted by Gasteiger charge is 2.21. The number of aliphatic imine (C=N–C) groups is 1. The lowest BCUT2D eigenvalue weighted by Crippen LogP contribution is -2.30. The molecule has 2 aromatic rings. The van der Waals surface area contributed by atoms with Crippen LogP contribution in [-0.4, -0.2) is 18.7 Å². The average molecular weight is 335 g/mol. The van der Waals surface area contributed by atoms with Gasteiger partial charge in [0.05, 0.1) is 0 Å². The van der Waals surface area contributed by atoms with E-state index in [0.717, 1.165) is 11.3 Å². The maximum atomic E-state index is 12.1. The van der Waals surface area contributed by atoms with Crippen molar-refractivity contribution in [1.82, 2.24) is 5.32 Å². The van der Waals surface area contributed by atoms with Crippen molar-refractivity contribution in [2.24, 2.45) is 4.99 Å². The number of nitrogens with zero attached hydrogens (tertiary/aromatic N) is 1. The molecule has 0 saturated heterocycles. The summed E-state index contributed by atoms with van der Waals surface area (Å²) < 4.78 is 10.6. The van der Waals surface area contributed by atoms with Crippen molar-refractivity contribution in [2.75, 3.05) is 12.1 Å². The minimum Gasteiger partial charge on any atom is -0.454 e. The SMILES string of the molecule is Cc1ccc(NC2=N/C(=C\c3ccc4c(c3)OCO4)C(=O)N2)cc1C. The highest BCUT2D eigenvalue weighted by atomic mass is 16.7. The van der Waals surface area contributed by atoms with Crippen LogP contribution >= 0.6 is 0 Å². The number of aryl methyl sites for hydroxylation is 2. The van der Waals surface area contributed by atoms with E-state index in [9.17, 15) is 4.79 Å². The first-order chi connectivity index (χ1) is 12.1. The lowest BCUT2D eigenvalue weighted by Gasteiger charge is -2.07. The summed E-state index contributed by atoms with van der Waals surface area (Å²) in [5.41, 5.74) is 4.43. The first-order valence-corrected chi connectivity index (χ1v) is 7.94. The molecule has 0 unspecified atom stereocenters. The van der Waals surface area contributed by atoms with E-state index in [4.69, 9.17) is 9.47 Å². The van der Waals surface area contributed by atoms with Crippen LogP contribution in [0.4, 0.5) is 5.69 Å². The monoisotopic (exact) mass is 335 g/mol. The molecule has 0 aliphatic carbocycles. The van der Waals surface area contributed by atoms with E-state index in [-0.39, 0.29) is 12.7 Å². The van der Waals surface area contributed by atoms with Crippen LogP contribution in [0.25, 0.3) is 6.08 Å². The van der Waals surface area contributed by atoms with Gasteiger partial charge in [0, 0.05) is 5.69 Å². The predicted molar refractivity (Wildman–Crippen MR) is 95.7 cm³/mol. The van der Waals surface area contributed by atoms with Gasteiger partial charge in [-0.05, 0) is 60.9 Å². The topological polar surface area (TPSA) is 72.0 Å². The Labute approximate surface area is 145 Å². The number of hydrogen-bond donors (Lipinski definition) is 2. The van der Waals surface area contributed by atoms with Gasteiger partial charge in [-0.1, -0.05) is 12.1 Å². The molecule has 0 radical (unpaired) electrons. The number of carbonyl (C=O) groups is 1. The Morgan fingerprint density at radius 3 is 2.76 bits per heavy atom. The molecule has 126 valence electrons. The summed E-state index contributed by atoms with van der Waals surface area (Å²) in [7, 11) is 0. The number of anilines is 1. The van der Waals surface area contributed by atoms with Crippen LogP contribution in [0.1, 0.15) is 16.7 Å². The molecule has 0 aromatic heterocycles. The van der Waals surface area contributed by atoms with Gasteiger partial charge >= 0.3 is 0 Å². The summed E-state index contributed by atoms with van der Waals surface area (Å²) in [6, 6.07) is 11.5. The van der Waals surface area contributed by atoms with E-state index in [0.29, 0.717) is 23.2 Å². The van der Waals surface area contributed by atoms with Crippen molar-refractivity contribution in [2.45, 2.75) is 13.8 Å². The fraction of sp³-hybridized carbons (Fsp3) is 0.158. The zero-order valence-corrected chi connectivity index (χ0v) is 13.9. The van der Waals surface area contributed by atoms with Crippen LogP contribution in [0.5, 0.6) is 11.5 Å². The lowest BCUT2D eigenvalue weighted by atomic mass is 10.1. The van der Waals surface area contributed by atoms with Crippen LogP contribution in [-0.2, 0) is 4.79 Å². The van der Waals surface area contributed by atoms with Crippen LogP contribution in [0.15, 0.2) is 47.1 Å². The van der Waals surface area contributed by atoms with E-state index < -0.39 is 0 Å². The number of guanidine groups is 1. The summed E-state index contributed by atoms with van der Waals surface area (Å²) >= 11 is 0. The molecule has 6 heteroatoms. The van der Waals surface area contributed by atoms with E-state index in [1.165, 1.54) is 11.1 Å². The van der Waals surface area contributed by atoms with Crippen molar-refractivity contribution in [1.29, 1.82) is 0 Å². The Morgan fingerprint density at radius 2 is 1.92 bits per heavy atom. The number of hydrogen-bond acceptors (Lipinski definition) is 5. The largest absolute Gasteiger partial charge is 0.454 e. The molecule has 1 amide bonds. The minimum atomic E-state index is -0.246. The molecule has 2 aliphatic heterocycles. The van der Waals surface area contributed by atoms with Crippen LogP contribution in [0.2, 0.25) is 0 Å². The third kappa shape index (κ3) is 3.06. The Morgan fingerprint density at radius 1 is 1.08 bits per heavy atom. The molecule has 2 aliphatic rings. The molecule has 0 fully saturated rings. The number of nitrogens with one attached hydrogen (secondary N) is 2. The first kappa shape index (κ1) is 15.3. The normalized spacial score (nSPS) is 16.8. The van der Waals surface area contributed by atoms with Gasteiger partial charge < -0.3 is 14.8 Å². The molecule has 2 aromatic carbocycles. The van der Waals surface area contributed by atoms with Crippen LogP contribution in [0, 0.1) is 13.8 Å². The summed E-state index contributed by atoms with van der Waals surface area (Å²) in [4.78, 5) is 16.5. The second kappa shape index (κ2) is 5.98.